The third-order valence-electron chi connectivity index (χ3n) is 3.69. The second kappa shape index (κ2) is 6.52. The zero-order chi connectivity index (χ0) is 18.1. The lowest BCUT2D eigenvalue weighted by Crippen LogP contribution is -2.14. The van der Waals surface area contributed by atoms with E-state index in [1.165, 1.54) is 20.3 Å². The van der Waals surface area contributed by atoms with Crippen molar-refractivity contribution in [1.82, 2.24) is 0 Å². The molecule has 0 aromatic heterocycles. The lowest BCUT2D eigenvalue weighted by Gasteiger charge is -2.15. The summed E-state index contributed by atoms with van der Waals surface area (Å²) >= 11 is 0. The second-order valence-electron chi connectivity index (χ2n) is 5.37. The van der Waals surface area contributed by atoms with Gasteiger partial charge in [-0.1, -0.05) is 0 Å². The van der Waals surface area contributed by atoms with E-state index < -0.39 is 15.7 Å². The molecule has 0 bridgehead atoms. The molecular weight excluding hydrogens is 330 g/mol. The number of benzene rings is 2. The van der Waals surface area contributed by atoms with Gasteiger partial charge in [0, 0.05) is 29.0 Å². The zero-order valence-corrected chi connectivity index (χ0v) is 14.7. The maximum Gasteiger partial charge on any atom is 0.249 e. The molecule has 0 atom stereocenters. The molecule has 6 nitrogen and oxygen atoms in total. The van der Waals surface area contributed by atoms with Crippen molar-refractivity contribution in [2.75, 3.05) is 20.5 Å². The topological polar surface area (TPSA) is 95.7 Å². The average molecular weight is 349 g/mol. The van der Waals surface area contributed by atoms with Crippen LogP contribution in [0.25, 0.3) is 11.1 Å². The van der Waals surface area contributed by atoms with E-state index in [1.807, 2.05) is 0 Å². The Kier molecular flexibility index (Phi) is 4.84. The van der Waals surface area contributed by atoms with E-state index in [2.05, 4.69) is 0 Å². The molecule has 7 heteroatoms. The quantitative estimate of drug-likeness (QED) is 0.892. The van der Waals surface area contributed by atoms with E-state index in [1.54, 1.807) is 31.2 Å². The number of carbonyl (C=O) groups is 1. The number of primary amides is 1. The van der Waals surface area contributed by atoms with E-state index >= 15 is 0 Å². The molecule has 0 radical (unpaired) electrons. The smallest absolute Gasteiger partial charge is 0.249 e. The molecule has 0 aliphatic carbocycles. The van der Waals surface area contributed by atoms with Crippen molar-refractivity contribution in [2.24, 2.45) is 5.73 Å². The summed E-state index contributed by atoms with van der Waals surface area (Å²) in [7, 11) is -0.571. The molecule has 0 saturated heterocycles. The molecule has 2 aromatic carbocycles. The van der Waals surface area contributed by atoms with Crippen LogP contribution in [0.1, 0.15) is 15.9 Å². The minimum Gasteiger partial charge on any atom is -0.497 e. The fourth-order valence-electron chi connectivity index (χ4n) is 2.49. The van der Waals surface area contributed by atoms with Crippen molar-refractivity contribution in [1.29, 1.82) is 0 Å². The standard InChI is InChI=1S/C17H19NO5S/c1-10-7-14(12-6-5-11(22-2)8-15(12)23-3)16(24(4,20)21)9-13(10)17(18)19/h5-9H,1-4H3,(H2,18,19). The molecule has 128 valence electrons. The average Bonchev–Trinajstić information content (AvgIpc) is 2.52. The predicted octanol–water partition coefficient (Wildman–Crippen LogP) is 2.18. The summed E-state index contributed by atoms with van der Waals surface area (Å²) in [6.07, 6.45) is 1.09. The Hall–Kier alpha value is -2.54. The molecule has 0 aliphatic heterocycles. The van der Waals surface area contributed by atoms with Gasteiger partial charge in [-0.15, -0.1) is 0 Å². The first-order valence-corrected chi connectivity index (χ1v) is 8.95. The Morgan fingerprint density at radius 1 is 1.04 bits per heavy atom. The minimum atomic E-state index is -3.59. The molecule has 2 aromatic rings. The molecule has 0 heterocycles. The maximum atomic E-state index is 12.2. The number of methoxy groups -OCH3 is 2. The number of ether oxygens (including phenoxy) is 2. The van der Waals surface area contributed by atoms with Gasteiger partial charge in [0.05, 0.1) is 19.1 Å². The lowest BCUT2D eigenvalue weighted by atomic mass is 9.98. The molecule has 24 heavy (non-hydrogen) atoms. The lowest BCUT2D eigenvalue weighted by molar-refractivity contribution is 0.0999. The van der Waals surface area contributed by atoms with Gasteiger partial charge in [-0.05, 0) is 36.8 Å². The van der Waals surface area contributed by atoms with Gasteiger partial charge in [0.2, 0.25) is 5.91 Å². The number of hydrogen-bond acceptors (Lipinski definition) is 5. The molecule has 0 fully saturated rings. The van der Waals surface area contributed by atoms with Crippen LogP contribution in [0, 0.1) is 6.92 Å². The van der Waals surface area contributed by atoms with Gasteiger partial charge in [0.1, 0.15) is 11.5 Å². The van der Waals surface area contributed by atoms with Crippen LogP contribution in [0.5, 0.6) is 11.5 Å². The van der Waals surface area contributed by atoms with Crippen molar-refractivity contribution in [3.63, 3.8) is 0 Å². The van der Waals surface area contributed by atoms with E-state index in [0.29, 0.717) is 28.2 Å². The van der Waals surface area contributed by atoms with Crippen molar-refractivity contribution >= 4 is 15.7 Å². The van der Waals surface area contributed by atoms with E-state index in [0.717, 1.165) is 6.26 Å². The molecule has 0 spiro atoms. The van der Waals surface area contributed by atoms with Crippen molar-refractivity contribution in [2.45, 2.75) is 11.8 Å². The van der Waals surface area contributed by atoms with Crippen LogP contribution in [0.4, 0.5) is 0 Å². The number of amides is 1. The minimum absolute atomic E-state index is 0.0189. The van der Waals surface area contributed by atoms with Gasteiger partial charge in [0.15, 0.2) is 9.84 Å². The Balaban J connectivity index is 2.84. The van der Waals surface area contributed by atoms with Gasteiger partial charge in [-0.25, -0.2) is 8.42 Å². The monoisotopic (exact) mass is 349 g/mol. The van der Waals surface area contributed by atoms with Gasteiger partial charge in [0.25, 0.3) is 0 Å². The van der Waals surface area contributed by atoms with Crippen LogP contribution in [0.3, 0.4) is 0 Å². The highest BCUT2D eigenvalue weighted by Crippen LogP contribution is 2.38. The van der Waals surface area contributed by atoms with Crippen LogP contribution in [0.2, 0.25) is 0 Å². The fraction of sp³-hybridized carbons (Fsp3) is 0.235. The first-order chi connectivity index (χ1) is 11.2. The SMILES string of the molecule is COc1ccc(-c2cc(C)c(C(N)=O)cc2S(C)(=O)=O)c(OC)c1. The molecule has 0 aliphatic rings. The maximum absolute atomic E-state index is 12.2. The number of aryl methyl sites for hydroxylation is 1. The third kappa shape index (κ3) is 3.35. The van der Waals surface area contributed by atoms with E-state index in [4.69, 9.17) is 15.2 Å². The number of sulfone groups is 1. The summed E-state index contributed by atoms with van der Waals surface area (Å²) in [5, 5.41) is 0. The molecule has 1 amide bonds. The van der Waals surface area contributed by atoms with Gasteiger partial charge in [-0.3, -0.25) is 4.79 Å². The fourth-order valence-corrected chi connectivity index (χ4v) is 3.39. The Labute approximate surface area is 141 Å². The number of rotatable bonds is 5. The first-order valence-electron chi connectivity index (χ1n) is 7.06. The second-order valence-corrected chi connectivity index (χ2v) is 7.35. The largest absolute Gasteiger partial charge is 0.497 e. The molecular formula is C17H19NO5S. The van der Waals surface area contributed by atoms with Crippen molar-refractivity contribution < 1.29 is 22.7 Å². The summed E-state index contributed by atoms with van der Waals surface area (Å²) in [4.78, 5) is 11.6. The van der Waals surface area contributed by atoms with Gasteiger partial charge >= 0.3 is 0 Å². The molecule has 0 saturated carbocycles. The molecule has 0 unspecified atom stereocenters. The molecule has 2 rings (SSSR count). The van der Waals surface area contributed by atoms with Gasteiger partial charge in [-0.2, -0.15) is 0 Å². The Bertz CT molecular complexity index is 903. The highest BCUT2D eigenvalue weighted by atomic mass is 32.2. The normalized spacial score (nSPS) is 11.2. The van der Waals surface area contributed by atoms with Gasteiger partial charge < -0.3 is 15.2 Å². The highest BCUT2D eigenvalue weighted by molar-refractivity contribution is 7.90. The number of hydrogen-bond donors (Lipinski definition) is 1. The van der Waals surface area contributed by atoms with Crippen LogP contribution in [0.15, 0.2) is 35.2 Å². The van der Waals surface area contributed by atoms with Crippen LogP contribution < -0.4 is 15.2 Å². The van der Waals surface area contributed by atoms with Crippen molar-refractivity contribution in [3.8, 4) is 22.6 Å². The Morgan fingerprint density at radius 2 is 1.71 bits per heavy atom. The Morgan fingerprint density at radius 3 is 2.21 bits per heavy atom. The van der Waals surface area contributed by atoms with Crippen LogP contribution >= 0.6 is 0 Å². The summed E-state index contributed by atoms with van der Waals surface area (Å²) < 4.78 is 35.0. The zero-order valence-electron chi connectivity index (χ0n) is 13.9. The molecule has 2 N–H and O–H groups in total. The number of nitrogens with two attached hydrogens (primary N) is 1. The van der Waals surface area contributed by atoms with Crippen LogP contribution in [-0.2, 0) is 9.84 Å². The third-order valence-corrected chi connectivity index (χ3v) is 4.83. The number of carbonyl (C=O) groups excluding carboxylic acids is 1. The summed E-state index contributed by atoms with van der Waals surface area (Å²) in [6.45, 7) is 1.70. The summed E-state index contributed by atoms with van der Waals surface area (Å²) in [5.41, 5.74) is 7.12. The van der Waals surface area contributed by atoms with Crippen LogP contribution in [-0.4, -0.2) is 34.8 Å². The summed E-state index contributed by atoms with van der Waals surface area (Å²) in [5.74, 6) is 0.373. The van der Waals surface area contributed by atoms with E-state index in [-0.39, 0.29) is 10.5 Å². The highest BCUT2D eigenvalue weighted by Gasteiger charge is 2.21. The van der Waals surface area contributed by atoms with Crippen molar-refractivity contribution in [3.05, 3.63) is 41.5 Å². The first kappa shape index (κ1) is 17.8. The summed E-state index contributed by atoms with van der Waals surface area (Å²) in [6, 6.07) is 8.03. The van der Waals surface area contributed by atoms with E-state index in [9.17, 15) is 13.2 Å². The predicted molar refractivity (Wildman–Crippen MR) is 91.3 cm³/mol.